The molecule has 1 heterocycles. The van der Waals surface area contributed by atoms with E-state index in [1.807, 2.05) is 13.8 Å². The van der Waals surface area contributed by atoms with Crippen molar-refractivity contribution in [3.63, 3.8) is 0 Å². The maximum atomic E-state index is 13.6. The van der Waals surface area contributed by atoms with Crippen LogP contribution in [0.4, 0.5) is 0 Å². The highest BCUT2D eigenvalue weighted by Crippen LogP contribution is 2.62. The zero-order valence-electron chi connectivity index (χ0n) is 16.5. The third kappa shape index (κ3) is 2.21. The molecule has 154 valence electrons. The minimum atomic E-state index is -1.41. The molecule has 9 atom stereocenters. The fraction of sp³-hybridized carbons (Fsp3) is 0.950. The number of rotatable bonds is 1. The molecule has 2 bridgehead atoms. The largest absolute Gasteiger partial charge is 0.392 e. The van der Waals surface area contributed by atoms with Crippen molar-refractivity contribution < 1.29 is 34.7 Å². The molecule has 0 radical (unpaired) electrons. The number of aliphatic hydroxyl groups is 4. The number of aliphatic hydroxyl groups excluding tert-OH is 3. The first-order valence-electron chi connectivity index (χ1n) is 9.95. The Morgan fingerprint density at radius 2 is 1.74 bits per heavy atom. The van der Waals surface area contributed by atoms with Gasteiger partial charge in [-0.1, -0.05) is 13.8 Å². The van der Waals surface area contributed by atoms with Gasteiger partial charge >= 0.3 is 0 Å². The van der Waals surface area contributed by atoms with E-state index in [0.29, 0.717) is 32.3 Å². The topological polar surface area (TPSA) is 120 Å². The smallest absolute Gasteiger partial charge is 0.170 e. The molecule has 1 spiro atoms. The number of hydrogen-bond donors (Lipinski definition) is 4. The summed E-state index contributed by atoms with van der Waals surface area (Å²) in [6.45, 7) is 5.65. The summed E-state index contributed by atoms with van der Waals surface area (Å²) in [5.74, 6) is -1.71. The van der Waals surface area contributed by atoms with Gasteiger partial charge < -0.3 is 29.9 Å². The molecule has 4 rings (SSSR count). The summed E-state index contributed by atoms with van der Waals surface area (Å²) in [7, 11) is 1.45. The van der Waals surface area contributed by atoms with Gasteiger partial charge in [0.15, 0.2) is 5.78 Å². The summed E-state index contributed by atoms with van der Waals surface area (Å²) in [6.07, 6.45) is -2.83. The minimum Gasteiger partial charge on any atom is -0.392 e. The average Bonchev–Trinajstić information content (AvgIpc) is 3.32. The lowest BCUT2D eigenvalue weighted by Crippen LogP contribution is -2.65. The molecule has 4 aliphatic rings. The van der Waals surface area contributed by atoms with E-state index < -0.39 is 64.1 Å². The minimum absolute atomic E-state index is 0.324. The van der Waals surface area contributed by atoms with Crippen molar-refractivity contribution in [2.45, 2.75) is 82.1 Å². The fourth-order valence-electron chi connectivity index (χ4n) is 6.72. The molecular weight excluding hydrogens is 352 g/mol. The lowest BCUT2D eigenvalue weighted by atomic mass is 9.55. The van der Waals surface area contributed by atoms with Gasteiger partial charge in [-0.3, -0.25) is 4.79 Å². The Hall–Kier alpha value is -0.570. The number of fused-ring (bicyclic) bond motifs is 4. The molecule has 3 saturated carbocycles. The summed E-state index contributed by atoms with van der Waals surface area (Å²) >= 11 is 0. The summed E-state index contributed by atoms with van der Waals surface area (Å²) in [5.41, 5.74) is -4.35. The Morgan fingerprint density at radius 3 is 2.30 bits per heavy atom. The van der Waals surface area contributed by atoms with E-state index in [9.17, 15) is 25.2 Å². The number of epoxide rings is 1. The van der Waals surface area contributed by atoms with E-state index in [4.69, 9.17) is 9.47 Å². The van der Waals surface area contributed by atoms with E-state index in [1.165, 1.54) is 7.11 Å². The van der Waals surface area contributed by atoms with Crippen LogP contribution in [0, 0.1) is 22.7 Å². The Kier molecular flexibility index (Phi) is 4.19. The summed E-state index contributed by atoms with van der Waals surface area (Å²) < 4.78 is 11.4. The SMILES string of the molecule is COC1C(O)C2C3(CCC(O)C2(C)C(=O)C(O)C2CCC1(O)C2(C)C)CO3. The quantitative estimate of drug-likeness (QED) is 0.471. The molecule has 0 aromatic rings. The van der Waals surface area contributed by atoms with E-state index in [-0.39, 0.29) is 0 Å². The second-order valence-corrected chi connectivity index (χ2v) is 9.92. The third-order valence-electron chi connectivity index (χ3n) is 8.70. The Labute approximate surface area is 159 Å². The lowest BCUT2D eigenvalue weighted by molar-refractivity contribution is -0.215. The van der Waals surface area contributed by atoms with Crippen molar-refractivity contribution in [2.24, 2.45) is 22.7 Å². The maximum Gasteiger partial charge on any atom is 0.170 e. The Morgan fingerprint density at radius 1 is 1.11 bits per heavy atom. The normalized spacial score (nSPS) is 57.0. The van der Waals surface area contributed by atoms with Crippen LogP contribution in [0.2, 0.25) is 0 Å². The fourth-order valence-corrected chi connectivity index (χ4v) is 6.72. The van der Waals surface area contributed by atoms with Crippen LogP contribution in [0.15, 0.2) is 0 Å². The summed E-state index contributed by atoms with van der Waals surface area (Å²) in [6, 6.07) is 0. The van der Waals surface area contributed by atoms with Crippen LogP contribution in [0.5, 0.6) is 0 Å². The van der Waals surface area contributed by atoms with Gasteiger partial charge in [0.1, 0.15) is 12.2 Å². The first kappa shape index (κ1) is 19.7. The molecule has 7 heteroatoms. The van der Waals surface area contributed by atoms with Crippen LogP contribution < -0.4 is 0 Å². The van der Waals surface area contributed by atoms with Gasteiger partial charge in [-0.05, 0) is 32.6 Å². The average molecular weight is 384 g/mol. The molecule has 1 saturated heterocycles. The van der Waals surface area contributed by atoms with Crippen molar-refractivity contribution in [1.82, 2.24) is 0 Å². The monoisotopic (exact) mass is 384 g/mol. The standard InChI is InChI=1S/C20H32O7/c1-17(2)10-5-8-20(17,25)16(26-4)13(23)14-18(3,15(24)12(10)22)11(21)6-7-19(14)9-27-19/h10-14,16,21-23,25H,5-9H2,1-4H3. The van der Waals surface area contributed by atoms with Crippen LogP contribution in [-0.4, -0.2) is 75.5 Å². The number of ketones is 1. The molecule has 0 aromatic heterocycles. The van der Waals surface area contributed by atoms with Gasteiger partial charge in [0.25, 0.3) is 0 Å². The first-order chi connectivity index (χ1) is 12.5. The zero-order valence-corrected chi connectivity index (χ0v) is 16.5. The van der Waals surface area contributed by atoms with Crippen LogP contribution >= 0.6 is 0 Å². The highest BCUT2D eigenvalue weighted by atomic mass is 16.6. The van der Waals surface area contributed by atoms with Gasteiger partial charge in [0.2, 0.25) is 0 Å². The number of methoxy groups -OCH3 is 1. The van der Waals surface area contributed by atoms with Gasteiger partial charge in [0.05, 0.1) is 35.4 Å². The maximum absolute atomic E-state index is 13.6. The molecule has 3 aliphatic carbocycles. The number of Topliss-reactive ketones (excluding diaryl/α,β-unsaturated/α-hetero) is 1. The highest BCUT2D eigenvalue weighted by Gasteiger charge is 2.73. The van der Waals surface area contributed by atoms with Crippen molar-refractivity contribution in [3.05, 3.63) is 0 Å². The number of hydrogen-bond acceptors (Lipinski definition) is 7. The molecule has 9 unspecified atom stereocenters. The van der Waals surface area contributed by atoms with Crippen molar-refractivity contribution >= 4 is 5.78 Å². The third-order valence-corrected chi connectivity index (χ3v) is 8.70. The summed E-state index contributed by atoms with van der Waals surface area (Å²) in [5, 5.41) is 45.0. The molecule has 0 aromatic carbocycles. The lowest BCUT2D eigenvalue weighted by Gasteiger charge is -2.52. The number of carbonyl (C=O) groups is 1. The Balaban J connectivity index is 1.93. The van der Waals surface area contributed by atoms with Crippen LogP contribution in [0.1, 0.15) is 46.5 Å². The molecule has 1 aliphatic heterocycles. The molecule has 7 nitrogen and oxygen atoms in total. The van der Waals surface area contributed by atoms with Crippen LogP contribution in [0.3, 0.4) is 0 Å². The van der Waals surface area contributed by atoms with Crippen LogP contribution in [-0.2, 0) is 14.3 Å². The van der Waals surface area contributed by atoms with E-state index in [2.05, 4.69) is 0 Å². The molecule has 0 amide bonds. The Bertz CT molecular complexity index is 644. The van der Waals surface area contributed by atoms with Crippen LogP contribution in [0.25, 0.3) is 0 Å². The second-order valence-electron chi connectivity index (χ2n) is 9.92. The first-order valence-corrected chi connectivity index (χ1v) is 9.95. The van der Waals surface area contributed by atoms with Gasteiger partial charge in [-0.2, -0.15) is 0 Å². The second kappa shape index (κ2) is 5.74. The molecular formula is C20H32O7. The number of ether oxygens (including phenoxy) is 2. The van der Waals surface area contributed by atoms with Crippen molar-refractivity contribution in [3.8, 4) is 0 Å². The van der Waals surface area contributed by atoms with E-state index in [0.717, 1.165) is 0 Å². The number of carbonyl (C=O) groups excluding carboxylic acids is 1. The van der Waals surface area contributed by atoms with Crippen molar-refractivity contribution in [1.29, 1.82) is 0 Å². The van der Waals surface area contributed by atoms with E-state index in [1.54, 1.807) is 6.92 Å². The van der Waals surface area contributed by atoms with Gasteiger partial charge in [0, 0.05) is 24.4 Å². The van der Waals surface area contributed by atoms with Crippen molar-refractivity contribution in [2.75, 3.05) is 13.7 Å². The van der Waals surface area contributed by atoms with Gasteiger partial charge in [-0.25, -0.2) is 0 Å². The predicted octanol–water partition coefficient (Wildman–Crippen LogP) is 0.0194. The van der Waals surface area contributed by atoms with E-state index >= 15 is 0 Å². The highest BCUT2D eigenvalue weighted by molar-refractivity contribution is 5.90. The predicted molar refractivity (Wildman–Crippen MR) is 94.8 cm³/mol. The molecule has 27 heavy (non-hydrogen) atoms. The molecule has 4 fully saturated rings. The van der Waals surface area contributed by atoms with Gasteiger partial charge in [-0.15, -0.1) is 0 Å². The molecule has 4 N–H and O–H groups in total. The zero-order chi connectivity index (χ0) is 20.0. The summed E-state index contributed by atoms with van der Waals surface area (Å²) in [4.78, 5) is 13.6.